The zero-order valence-electron chi connectivity index (χ0n) is 17.5. The van der Waals surface area contributed by atoms with Crippen LogP contribution >= 0.6 is 27.5 Å². The molecule has 170 valence electrons. The lowest BCUT2D eigenvalue weighted by Gasteiger charge is -2.12. The Labute approximate surface area is 203 Å². The van der Waals surface area contributed by atoms with Crippen LogP contribution in [0.2, 0.25) is 5.02 Å². The predicted octanol–water partition coefficient (Wildman–Crippen LogP) is 5.97. The van der Waals surface area contributed by atoms with Gasteiger partial charge in [0.15, 0.2) is 5.65 Å². The number of aromatic nitrogens is 3. The summed E-state index contributed by atoms with van der Waals surface area (Å²) in [6.45, 7) is 1.13. The number of carbonyl (C=O) groups excluding carboxylic acids is 1. The maximum atomic E-state index is 13.6. The van der Waals surface area contributed by atoms with Gasteiger partial charge in [-0.25, -0.2) is 14.2 Å². The molecule has 2 aromatic carbocycles. The maximum Gasteiger partial charge on any atom is 0.319 e. The molecule has 4 aromatic rings. The highest BCUT2D eigenvalue weighted by Gasteiger charge is 2.13. The molecule has 0 aliphatic rings. The molecule has 0 radical (unpaired) electrons. The standard InChI is InChI=1S/C23H21BrClFN6O/c24-16-14-29-32-21(13-20(30-22(16)32)15-7-1-2-8-17(15)25)27-11-5-6-12-28-23(33)31-19-10-4-3-9-18(19)26/h1-4,7-10,13-14,27H,5-6,11-12H2,(H2,28,31,33). The van der Waals surface area contributed by atoms with Gasteiger partial charge >= 0.3 is 6.03 Å². The molecule has 0 saturated carbocycles. The summed E-state index contributed by atoms with van der Waals surface area (Å²) in [5, 5.41) is 13.6. The Balaban J connectivity index is 1.32. The minimum Gasteiger partial charge on any atom is -0.370 e. The van der Waals surface area contributed by atoms with Gasteiger partial charge in [0.05, 0.1) is 22.1 Å². The van der Waals surface area contributed by atoms with Crippen molar-refractivity contribution in [1.82, 2.24) is 19.9 Å². The van der Waals surface area contributed by atoms with E-state index in [-0.39, 0.29) is 5.69 Å². The molecule has 2 amide bonds. The van der Waals surface area contributed by atoms with E-state index in [2.05, 4.69) is 37.0 Å². The molecule has 3 N–H and O–H groups in total. The number of fused-ring (bicyclic) bond motifs is 1. The third kappa shape index (κ3) is 5.61. The third-order valence-electron chi connectivity index (χ3n) is 4.90. The van der Waals surface area contributed by atoms with E-state index in [1.165, 1.54) is 12.1 Å². The molecule has 0 unspecified atom stereocenters. The number of benzene rings is 2. The predicted molar refractivity (Wildman–Crippen MR) is 132 cm³/mol. The first kappa shape index (κ1) is 23.0. The minimum atomic E-state index is -0.470. The molecule has 10 heteroatoms. The molecule has 0 bridgehead atoms. The van der Waals surface area contributed by atoms with E-state index in [0.29, 0.717) is 23.8 Å². The largest absolute Gasteiger partial charge is 0.370 e. The second-order valence-corrected chi connectivity index (χ2v) is 8.49. The quantitative estimate of drug-likeness (QED) is 0.245. The maximum absolute atomic E-state index is 13.6. The first-order valence-electron chi connectivity index (χ1n) is 10.4. The SMILES string of the molecule is O=C(NCCCCNc1cc(-c2ccccc2Cl)nc2c(Br)cnn12)Nc1ccccc1F. The van der Waals surface area contributed by atoms with Crippen molar-refractivity contribution >= 4 is 50.7 Å². The second kappa shape index (κ2) is 10.6. The summed E-state index contributed by atoms with van der Waals surface area (Å²) in [5.41, 5.74) is 2.41. The van der Waals surface area contributed by atoms with Gasteiger partial charge in [-0.2, -0.15) is 9.61 Å². The zero-order valence-corrected chi connectivity index (χ0v) is 19.8. The summed E-state index contributed by atoms with van der Waals surface area (Å²) in [5.74, 6) is 0.313. The first-order valence-corrected chi connectivity index (χ1v) is 11.5. The molecule has 33 heavy (non-hydrogen) atoms. The number of urea groups is 1. The van der Waals surface area contributed by atoms with Gasteiger partial charge in [-0.3, -0.25) is 0 Å². The normalized spacial score (nSPS) is 10.9. The van der Waals surface area contributed by atoms with E-state index < -0.39 is 11.8 Å². The lowest BCUT2D eigenvalue weighted by atomic mass is 10.1. The van der Waals surface area contributed by atoms with E-state index in [0.717, 1.165) is 34.4 Å². The summed E-state index contributed by atoms with van der Waals surface area (Å²) in [7, 11) is 0. The number of rotatable bonds is 8. The number of hydrogen-bond donors (Lipinski definition) is 3. The van der Waals surface area contributed by atoms with E-state index in [1.54, 1.807) is 22.8 Å². The molecular formula is C23H21BrClFN6O. The topological polar surface area (TPSA) is 83.3 Å². The van der Waals surface area contributed by atoms with Crippen molar-refractivity contribution < 1.29 is 9.18 Å². The van der Waals surface area contributed by atoms with Crippen LogP contribution in [0.4, 0.5) is 20.7 Å². The third-order valence-corrected chi connectivity index (χ3v) is 5.78. The summed E-state index contributed by atoms with van der Waals surface area (Å²) in [6, 6.07) is 15.1. The summed E-state index contributed by atoms with van der Waals surface area (Å²) >= 11 is 9.86. The van der Waals surface area contributed by atoms with Crippen LogP contribution in [0.1, 0.15) is 12.8 Å². The van der Waals surface area contributed by atoms with Gasteiger partial charge in [-0.05, 0) is 47.0 Å². The molecule has 0 spiro atoms. The molecule has 0 fully saturated rings. The van der Waals surface area contributed by atoms with Gasteiger partial charge in [0.2, 0.25) is 0 Å². The molecule has 0 saturated heterocycles. The van der Waals surface area contributed by atoms with Crippen molar-refractivity contribution in [2.45, 2.75) is 12.8 Å². The lowest BCUT2D eigenvalue weighted by Crippen LogP contribution is -2.30. The smallest absolute Gasteiger partial charge is 0.319 e. The second-order valence-electron chi connectivity index (χ2n) is 7.23. The Morgan fingerprint density at radius 1 is 1.09 bits per heavy atom. The van der Waals surface area contributed by atoms with Crippen molar-refractivity contribution in [3.63, 3.8) is 0 Å². The number of carbonyl (C=O) groups is 1. The number of para-hydroxylation sites is 1. The van der Waals surface area contributed by atoms with Crippen LogP contribution < -0.4 is 16.0 Å². The van der Waals surface area contributed by atoms with E-state index in [9.17, 15) is 9.18 Å². The Hall–Kier alpha value is -3.17. The number of anilines is 2. The highest BCUT2D eigenvalue weighted by atomic mass is 79.9. The molecule has 7 nitrogen and oxygen atoms in total. The van der Waals surface area contributed by atoms with Gasteiger partial charge in [0, 0.05) is 29.7 Å². The average molecular weight is 532 g/mol. The van der Waals surface area contributed by atoms with Gasteiger partial charge < -0.3 is 16.0 Å². The highest BCUT2D eigenvalue weighted by molar-refractivity contribution is 9.10. The Bertz CT molecular complexity index is 1280. The lowest BCUT2D eigenvalue weighted by molar-refractivity contribution is 0.252. The monoisotopic (exact) mass is 530 g/mol. The van der Waals surface area contributed by atoms with Gasteiger partial charge in [0.25, 0.3) is 0 Å². The summed E-state index contributed by atoms with van der Waals surface area (Å²) in [4.78, 5) is 16.6. The van der Waals surface area contributed by atoms with Gasteiger partial charge in [0.1, 0.15) is 11.6 Å². The van der Waals surface area contributed by atoms with Crippen molar-refractivity contribution in [3.05, 3.63) is 76.1 Å². The van der Waals surface area contributed by atoms with Crippen LogP contribution in [0, 0.1) is 5.82 Å². The van der Waals surface area contributed by atoms with E-state index >= 15 is 0 Å². The van der Waals surface area contributed by atoms with Crippen LogP contribution in [0.5, 0.6) is 0 Å². The molecule has 2 heterocycles. The molecule has 0 atom stereocenters. The van der Waals surface area contributed by atoms with Gasteiger partial charge in [-0.15, -0.1) is 0 Å². The Kier molecular flexibility index (Phi) is 7.41. The fourth-order valence-corrected chi connectivity index (χ4v) is 3.85. The number of hydrogen-bond acceptors (Lipinski definition) is 4. The number of amides is 2. The van der Waals surface area contributed by atoms with Crippen molar-refractivity contribution in [2.75, 3.05) is 23.7 Å². The van der Waals surface area contributed by atoms with Crippen LogP contribution in [0.15, 0.2) is 65.3 Å². The number of nitrogens with zero attached hydrogens (tertiary/aromatic N) is 3. The molecular weight excluding hydrogens is 511 g/mol. The number of halogens is 3. The highest BCUT2D eigenvalue weighted by Crippen LogP contribution is 2.30. The Morgan fingerprint density at radius 3 is 2.67 bits per heavy atom. The van der Waals surface area contributed by atoms with Crippen LogP contribution in [-0.2, 0) is 0 Å². The summed E-state index contributed by atoms with van der Waals surface area (Å²) < 4.78 is 16.1. The van der Waals surface area contributed by atoms with Crippen molar-refractivity contribution in [3.8, 4) is 11.3 Å². The van der Waals surface area contributed by atoms with Crippen molar-refractivity contribution in [1.29, 1.82) is 0 Å². The Morgan fingerprint density at radius 2 is 1.85 bits per heavy atom. The molecule has 0 aliphatic heterocycles. The fourth-order valence-electron chi connectivity index (χ4n) is 3.27. The average Bonchev–Trinajstić information content (AvgIpc) is 3.18. The number of nitrogens with one attached hydrogen (secondary N) is 3. The molecule has 4 rings (SSSR count). The van der Waals surface area contributed by atoms with E-state index in [4.69, 9.17) is 16.6 Å². The van der Waals surface area contributed by atoms with E-state index in [1.807, 2.05) is 30.3 Å². The van der Waals surface area contributed by atoms with Gasteiger partial charge in [-0.1, -0.05) is 41.9 Å². The molecule has 0 aliphatic carbocycles. The number of unbranched alkanes of at least 4 members (excludes halogenated alkanes) is 1. The first-order chi connectivity index (χ1) is 16.0. The zero-order chi connectivity index (χ0) is 23.2. The summed E-state index contributed by atoms with van der Waals surface area (Å²) in [6.07, 6.45) is 3.24. The van der Waals surface area contributed by atoms with Crippen LogP contribution in [-0.4, -0.2) is 33.7 Å². The van der Waals surface area contributed by atoms with Crippen LogP contribution in [0.25, 0.3) is 16.9 Å². The van der Waals surface area contributed by atoms with Crippen LogP contribution in [0.3, 0.4) is 0 Å². The van der Waals surface area contributed by atoms with Crippen molar-refractivity contribution in [2.24, 2.45) is 0 Å². The minimum absolute atomic E-state index is 0.151. The molecule has 2 aromatic heterocycles. The fraction of sp³-hybridized carbons (Fsp3) is 0.174.